The van der Waals surface area contributed by atoms with Gasteiger partial charge in [-0.25, -0.2) is 19.7 Å². The Hall–Kier alpha value is -5.25. The Morgan fingerprint density at radius 3 is 2.56 bits per heavy atom. The van der Waals surface area contributed by atoms with Crippen LogP contribution in [0.25, 0.3) is 39.4 Å². The predicted molar refractivity (Wildman–Crippen MR) is 136 cm³/mol. The molecule has 0 saturated carbocycles. The Balaban J connectivity index is 1.16. The Labute approximate surface area is 205 Å². The van der Waals surface area contributed by atoms with E-state index in [0.717, 1.165) is 39.4 Å². The van der Waals surface area contributed by atoms with Crippen molar-refractivity contribution in [3.63, 3.8) is 0 Å². The number of carbonyl (C=O) groups excluding carboxylic acids is 1. The van der Waals surface area contributed by atoms with Crippen molar-refractivity contribution < 1.29 is 9.32 Å². The number of aromatic nitrogens is 6. The van der Waals surface area contributed by atoms with Crippen LogP contribution in [-0.4, -0.2) is 35.7 Å². The zero-order chi connectivity index (χ0) is 24.5. The number of hydrogen-bond acceptors (Lipinski definition) is 6. The van der Waals surface area contributed by atoms with Crippen molar-refractivity contribution in [2.75, 3.05) is 10.6 Å². The summed E-state index contributed by atoms with van der Waals surface area (Å²) in [4.78, 5) is 28.8. The molecule has 0 bridgehead atoms. The molecule has 0 aliphatic heterocycles. The van der Waals surface area contributed by atoms with Crippen LogP contribution in [-0.2, 0) is 0 Å². The molecule has 36 heavy (non-hydrogen) atoms. The van der Waals surface area contributed by atoms with E-state index in [-0.39, 0.29) is 5.88 Å². The van der Waals surface area contributed by atoms with Gasteiger partial charge in [-0.2, -0.15) is 0 Å². The van der Waals surface area contributed by atoms with Gasteiger partial charge in [-0.05, 0) is 30.7 Å². The molecule has 0 atom stereocenters. The minimum absolute atomic E-state index is 0.256. The maximum atomic E-state index is 12.4. The number of fused-ring (bicyclic) bond motifs is 1. The lowest BCUT2D eigenvalue weighted by Gasteiger charge is -2.06. The second-order valence-corrected chi connectivity index (χ2v) is 8.16. The summed E-state index contributed by atoms with van der Waals surface area (Å²) in [5, 5.41) is 10.3. The average Bonchev–Trinajstić information content (AvgIpc) is 3.64. The lowest BCUT2D eigenvalue weighted by molar-refractivity contribution is 0.261. The fourth-order valence-electron chi connectivity index (χ4n) is 3.91. The van der Waals surface area contributed by atoms with Crippen LogP contribution in [0.2, 0.25) is 0 Å². The van der Waals surface area contributed by atoms with E-state index in [1.54, 1.807) is 12.4 Å². The summed E-state index contributed by atoms with van der Waals surface area (Å²) in [7, 11) is 0. The van der Waals surface area contributed by atoms with Gasteiger partial charge in [-0.3, -0.25) is 9.88 Å². The van der Waals surface area contributed by atoms with Crippen molar-refractivity contribution in [3.05, 3.63) is 91.3 Å². The number of hydrogen-bond donors (Lipinski definition) is 3. The third kappa shape index (κ3) is 4.18. The van der Waals surface area contributed by atoms with Crippen molar-refractivity contribution in [1.82, 2.24) is 29.7 Å². The van der Waals surface area contributed by atoms with E-state index in [9.17, 15) is 4.79 Å². The first kappa shape index (κ1) is 21.3. The lowest BCUT2D eigenvalue weighted by Crippen LogP contribution is -2.18. The Morgan fingerprint density at radius 2 is 1.78 bits per heavy atom. The van der Waals surface area contributed by atoms with Crippen LogP contribution in [0.3, 0.4) is 0 Å². The molecule has 176 valence electrons. The molecule has 10 heteroatoms. The van der Waals surface area contributed by atoms with E-state index < -0.39 is 6.03 Å². The topological polar surface area (TPSA) is 127 Å². The third-order valence-corrected chi connectivity index (χ3v) is 5.63. The molecule has 4 heterocycles. The first-order valence-electron chi connectivity index (χ1n) is 11.2. The van der Waals surface area contributed by atoms with E-state index in [1.807, 2.05) is 78.4 Å². The van der Waals surface area contributed by atoms with Crippen LogP contribution in [0.4, 0.5) is 16.4 Å². The number of H-pyrrole nitrogens is 1. The first-order chi connectivity index (χ1) is 17.6. The Kier molecular flexibility index (Phi) is 5.23. The number of anilines is 2. The Morgan fingerprint density at radius 1 is 0.944 bits per heavy atom. The smallest absolute Gasteiger partial charge is 0.326 e. The monoisotopic (exact) mass is 476 g/mol. The van der Waals surface area contributed by atoms with E-state index in [4.69, 9.17) is 4.52 Å². The van der Waals surface area contributed by atoms with Crippen LogP contribution < -0.4 is 10.6 Å². The van der Waals surface area contributed by atoms with Gasteiger partial charge in [0, 0.05) is 29.2 Å². The van der Waals surface area contributed by atoms with E-state index in [2.05, 4.69) is 35.7 Å². The van der Waals surface area contributed by atoms with Gasteiger partial charge in [0.05, 0.1) is 11.1 Å². The molecule has 6 aromatic rings. The highest BCUT2D eigenvalue weighted by Crippen LogP contribution is 2.27. The van der Waals surface area contributed by atoms with Crippen LogP contribution in [0.5, 0.6) is 0 Å². The van der Waals surface area contributed by atoms with Gasteiger partial charge in [-0.15, -0.1) is 0 Å². The largest absolute Gasteiger partial charge is 0.339 e. The second-order valence-electron chi connectivity index (χ2n) is 8.16. The predicted octanol–water partition coefficient (Wildman–Crippen LogP) is 5.42. The molecule has 0 saturated heterocycles. The number of nitrogens with one attached hydrogen (secondary N) is 3. The van der Waals surface area contributed by atoms with Crippen LogP contribution in [0.1, 0.15) is 5.69 Å². The van der Waals surface area contributed by atoms with Crippen LogP contribution >= 0.6 is 0 Å². The first-order valence-corrected chi connectivity index (χ1v) is 11.2. The zero-order valence-corrected chi connectivity index (χ0v) is 19.1. The normalized spacial score (nSPS) is 11.0. The molecule has 0 spiro atoms. The van der Waals surface area contributed by atoms with E-state index in [0.29, 0.717) is 11.4 Å². The minimum atomic E-state index is -0.431. The third-order valence-electron chi connectivity index (χ3n) is 5.63. The quantitative estimate of drug-likeness (QED) is 0.305. The molecule has 10 nitrogen and oxygen atoms in total. The van der Waals surface area contributed by atoms with E-state index >= 15 is 0 Å². The van der Waals surface area contributed by atoms with Crippen molar-refractivity contribution in [1.29, 1.82) is 0 Å². The molecule has 0 unspecified atom stereocenters. The number of aromatic amines is 1. The van der Waals surface area contributed by atoms with Crippen LogP contribution in [0.15, 0.2) is 90.1 Å². The molecule has 2 amide bonds. The average molecular weight is 477 g/mol. The van der Waals surface area contributed by atoms with Crippen molar-refractivity contribution in [3.8, 4) is 28.3 Å². The van der Waals surface area contributed by atoms with E-state index in [1.165, 1.54) is 6.33 Å². The summed E-state index contributed by atoms with van der Waals surface area (Å²) in [5.74, 6) is 1.01. The highest BCUT2D eigenvalue weighted by molar-refractivity contribution is 5.99. The number of imidazole rings is 1. The molecule has 2 aromatic carbocycles. The van der Waals surface area contributed by atoms with Crippen molar-refractivity contribution in [2.45, 2.75) is 6.92 Å². The second kappa shape index (κ2) is 8.84. The molecule has 0 radical (unpaired) electrons. The molecule has 3 N–H and O–H groups in total. The van der Waals surface area contributed by atoms with Gasteiger partial charge in [-0.1, -0.05) is 47.6 Å². The fourth-order valence-corrected chi connectivity index (χ4v) is 3.91. The highest BCUT2D eigenvalue weighted by atomic mass is 16.5. The standard InChI is InChI=1S/C26H20N8O2/c1-16-13-34(15-29-16)25-20-11-21(31-24(20)27-14-28-25)18-7-9-19(10-8-18)30-26(35)32-23-12-22(33-36-23)17-5-3-2-4-6-17/h2-15H,1H3,(H,27,28,31)(H2,30,32,35). The highest BCUT2D eigenvalue weighted by Gasteiger charge is 2.13. The van der Waals surface area contributed by atoms with Gasteiger partial charge in [0.25, 0.3) is 0 Å². The number of amides is 2. The number of nitrogens with zero attached hydrogens (tertiary/aromatic N) is 5. The Bertz CT molecular complexity index is 1670. The van der Waals surface area contributed by atoms with Gasteiger partial charge in [0.1, 0.15) is 24.0 Å². The molecule has 0 fully saturated rings. The van der Waals surface area contributed by atoms with Gasteiger partial charge in [0.2, 0.25) is 5.88 Å². The number of rotatable bonds is 5. The summed E-state index contributed by atoms with van der Waals surface area (Å²) in [6.07, 6.45) is 5.17. The summed E-state index contributed by atoms with van der Waals surface area (Å²) >= 11 is 0. The SMILES string of the molecule is Cc1cn(-c2ncnc3[nH]c(-c4ccc(NC(=O)Nc5cc(-c6ccccc6)no5)cc4)cc23)cn1. The number of aryl methyl sites for hydroxylation is 1. The van der Waals surface area contributed by atoms with Gasteiger partial charge >= 0.3 is 6.03 Å². The van der Waals surface area contributed by atoms with Crippen molar-refractivity contribution >= 4 is 28.6 Å². The number of carbonyl (C=O) groups is 1. The number of benzene rings is 2. The summed E-state index contributed by atoms with van der Waals surface area (Å²) < 4.78 is 7.11. The van der Waals surface area contributed by atoms with Gasteiger partial charge in [0.15, 0.2) is 5.82 Å². The van der Waals surface area contributed by atoms with Crippen LogP contribution in [0, 0.1) is 6.92 Å². The molecular weight excluding hydrogens is 456 g/mol. The molecule has 0 aliphatic carbocycles. The zero-order valence-electron chi connectivity index (χ0n) is 19.1. The summed E-state index contributed by atoms with van der Waals surface area (Å²) in [6, 6.07) is 20.3. The molecule has 6 rings (SSSR count). The molecule has 0 aliphatic rings. The molecular formula is C26H20N8O2. The summed E-state index contributed by atoms with van der Waals surface area (Å²) in [5.41, 5.74) is 5.63. The van der Waals surface area contributed by atoms with Gasteiger partial charge < -0.3 is 14.8 Å². The molecule has 4 aromatic heterocycles. The fraction of sp³-hybridized carbons (Fsp3) is 0.0385. The summed E-state index contributed by atoms with van der Waals surface area (Å²) in [6.45, 7) is 1.93. The maximum absolute atomic E-state index is 12.4. The maximum Gasteiger partial charge on any atom is 0.326 e. The van der Waals surface area contributed by atoms with Crippen molar-refractivity contribution in [2.24, 2.45) is 0 Å². The minimum Gasteiger partial charge on any atom is -0.339 e. The lowest BCUT2D eigenvalue weighted by atomic mass is 10.1. The number of urea groups is 1.